The molecule has 4 aliphatic rings. The van der Waals surface area contributed by atoms with Gasteiger partial charge in [-0.1, -0.05) is 75.8 Å². The van der Waals surface area contributed by atoms with E-state index in [2.05, 4.69) is 33.8 Å². The first-order chi connectivity index (χ1) is 29.3. The van der Waals surface area contributed by atoms with Gasteiger partial charge in [0, 0.05) is 32.5 Å². The summed E-state index contributed by atoms with van der Waals surface area (Å²) in [6.07, 6.45) is 12.9. The van der Waals surface area contributed by atoms with E-state index in [1.807, 2.05) is 31.2 Å². The molecular formula is C46H66N6O9S. The van der Waals surface area contributed by atoms with Gasteiger partial charge in [-0.3, -0.25) is 19.2 Å². The Balaban J connectivity index is 1.44. The number of hydrogen-bond acceptors (Lipinski definition) is 9. The number of likely N-dealkylation sites (tertiary alicyclic amines) is 1. The fourth-order valence-electron chi connectivity index (χ4n) is 9.29. The number of hydrogen-bond donors (Lipinski definition) is 4. The molecule has 16 heteroatoms. The average molecular weight is 879 g/mol. The minimum absolute atomic E-state index is 0.0230. The van der Waals surface area contributed by atoms with Crippen LogP contribution < -0.4 is 21.3 Å². The molecule has 15 nitrogen and oxygen atoms in total. The van der Waals surface area contributed by atoms with Crippen LogP contribution in [0, 0.1) is 17.8 Å². The first-order valence-corrected chi connectivity index (χ1v) is 23.8. The summed E-state index contributed by atoms with van der Waals surface area (Å²) in [6.45, 7) is 11.0. The molecule has 1 saturated heterocycles. The maximum atomic E-state index is 15.2. The lowest BCUT2D eigenvalue weighted by Gasteiger charge is -2.44. The van der Waals surface area contributed by atoms with E-state index in [0.29, 0.717) is 45.2 Å². The summed E-state index contributed by atoms with van der Waals surface area (Å²) >= 11 is 0. The summed E-state index contributed by atoms with van der Waals surface area (Å²) in [5, 5.41) is 11.1. The predicted octanol–water partition coefficient (Wildman–Crippen LogP) is 4.47. The Hall–Kier alpha value is -4.91. The molecule has 6 amide bonds. The highest BCUT2D eigenvalue weighted by Gasteiger charge is 2.50. The van der Waals surface area contributed by atoms with Gasteiger partial charge in [0.2, 0.25) is 17.6 Å². The van der Waals surface area contributed by atoms with Gasteiger partial charge in [-0.05, 0) is 75.8 Å². The van der Waals surface area contributed by atoms with E-state index < -0.39 is 85.4 Å². The quantitative estimate of drug-likeness (QED) is 0.112. The lowest BCUT2D eigenvalue weighted by atomic mass is 9.70. The Morgan fingerprint density at radius 3 is 2.26 bits per heavy atom. The maximum absolute atomic E-state index is 15.2. The number of urea groups is 1. The number of carbonyl (C=O) groups is 6. The van der Waals surface area contributed by atoms with Gasteiger partial charge in [0.05, 0.1) is 28.6 Å². The van der Waals surface area contributed by atoms with E-state index in [4.69, 9.17) is 11.2 Å². The van der Waals surface area contributed by atoms with Gasteiger partial charge in [0.15, 0.2) is 9.84 Å². The van der Waals surface area contributed by atoms with Gasteiger partial charge in [0.1, 0.15) is 18.2 Å². The van der Waals surface area contributed by atoms with Crippen LogP contribution in [0.1, 0.15) is 122 Å². The molecule has 0 spiro atoms. The van der Waals surface area contributed by atoms with Crippen molar-refractivity contribution in [3.8, 4) is 12.3 Å². The number of sulfone groups is 1. The molecule has 2 aliphatic carbocycles. The molecule has 1 unspecified atom stereocenters. The Morgan fingerprint density at radius 1 is 0.984 bits per heavy atom. The molecule has 3 fully saturated rings. The molecule has 0 radical (unpaired) electrons. The van der Waals surface area contributed by atoms with Crippen molar-refractivity contribution >= 4 is 45.5 Å². The van der Waals surface area contributed by atoms with Crippen molar-refractivity contribution in [3.63, 3.8) is 0 Å². The molecule has 1 aromatic carbocycles. The number of benzene rings is 1. The molecule has 2 saturated carbocycles. The number of carbonyl (C=O) groups excluding carboxylic acids is 6. The van der Waals surface area contributed by atoms with Crippen LogP contribution in [0.15, 0.2) is 36.9 Å². The van der Waals surface area contributed by atoms with Crippen molar-refractivity contribution in [1.29, 1.82) is 0 Å². The number of ether oxygens (including phenoxy) is 1. The van der Waals surface area contributed by atoms with Crippen molar-refractivity contribution in [2.75, 3.05) is 25.4 Å². The Bertz CT molecular complexity index is 1990. The van der Waals surface area contributed by atoms with E-state index in [9.17, 15) is 32.4 Å². The third kappa shape index (κ3) is 11.8. The van der Waals surface area contributed by atoms with Gasteiger partial charge in [-0.15, -0.1) is 18.9 Å². The molecule has 340 valence electrons. The molecule has 2 heterocycles. The molecule has 4 N–H and O–H groups in total. The average Bonchev–Trinajstić information content (AvgIpc) is 3.66. The summed E-state index contributed by atoms with van der Waals surface area (Å²) in [6, 6.07) is 3.41. The lowest BCUT2D eigenvalue weighted by molar-refractivity contribution is -0.144. The molecule has 62 heavy (non-hydrogen) atoms. The summed E-state index contributed by atoms with van der Waals surface area (Å²) in [5.74, 6) is -0.994. The molecule has 4 atom stereocenters. The summed E-state index contributed by atoms with van der Waals surface area (Å²) in [4.78, 5) is 86.6. The standard InChI is InChI=1S/C46H66N6O9S/c1-7-9-20-35(37(53)40(55)47-26-8-2)48-39(54)36-28-34(61-43(58)51-27-21-32-18-12-13-19-33(32)29-51)30-52(36)41(56)38(45(6)22-14-10-15-23-45)49-42(57)50-46(24-16-11-17-25-46)31-62(59,60)44(3,4)5/h1,8,12-13,18-19,34-36,38H,2,9-11,14-17,20-31H2,3-6H3,(H,47,55)(H,48,54)(H2,49,50,57)/t34-,35?,36+,38-/m1/s1. The van der Waals surface area contributed by atoms with E-state index in [1.165, 1.54) is 11.0 Å². The minimum atomic E-state index is -3.65. The second kappa shape index (κ2) is 20.5. The fourth-order valence-corrected chi connectivity index (χ4v) is 10.8. The number of ketones is 1. The number of nitrogens with zero attached hydrogens (tertiary/aromatic N) is 2. The topological polar surface area (TPSA) is 200 Å². The van der Waals surface area contributed by atoms with Crippen LogP contribution in [0.2, 0.25) is 0 Å². The van der Waals surface area contributed by atoms with E-state index in [-0.39, 0.29) is 38.1 Å². The normalized spacial score (nSPS) is 21.8. The zero-order valence-corrected chi connectivity index (χ0v) is 37.7. The SMILES string of the molecule is C#CCCC(NC(=O)[C@@H]1C[C@@H](OC(=O)N2CCc3ccccc3C2)CN1C(=O)[C@@H](NC(=O)NC1(CS(=O)(=O)C(C)(C)C)CCCCC1)C1(C)CCCCC1)C(=O)C(=O)NCC=C. The van der Waals surface area contributed by atoms with Crippen LogP contribution in [0.25, 0.3) is 0 Å². The third-order valence-corrected chi connectivity index (χ3v) is 15.9. The number of Topliss-reactive ketones (excluding diaryl/α,β-unsaturated/α-hetero) is 1. The summed E-state index contributed by atoms with van der Waals surface area (Å²) < 4.78 is 32.1. The fraction of sp³-hybridized carbons (Fsp3) is 0.652. The number of rotatable bonds is 15. The molecule has 0 bridgehead atoms. The van der Waals surface area contributed by atoms with Crippen molar-refractivity contribution in [2.24, 2.45) is 5.41 Å². The Labute approximate surface area is 367 Å². The number of fused-ring (bicyclic) bond motifs is 1. The molecular weight excluding hydrogens is 813 g/mol. The summed E-state index contributed by atoms with van der Waals surface area (Å²) in [5.41, 5.74) is 0.338. The van der Waals surface area contributed by atoms with Crippen molar-refractivity contribution < 1.29 is 41.9 Å². The van der Waals surface area contributed by atoms with Gasteiger partial charge in [0.25, 0.3) is 5.91 Å². The van der Waals surface area contributed by atoms with Crippen LogP contribution >= 0.6 is 0 Å². The monoisotopic (exact) mass is 878 g/mol. The molecule has 1 aromatic rings. The Morgan fingerprint density at radius 2 is 1.63 bits per heavy atom. The molecule has 0 aromatic heterocycles. The maximum Gasteiger partial charge on any atom is 0.410 e. The van der Waals surface area contributed by atoms with Crippen LogP contribution in [0.3, 0.4) is 0 Å². The lowest BCUT2D eigenvalue weighted by Crippen LogP contribution is -2.64. The number of nitrogens with one attached hydrogen (secondary N) is 4. The zero-order valence-electron chi connectivity index (χ0n) is 36.9. The second-order valence-corrected chi connectivity index (χ2v) is 21.6. The van der Waals surface area contributed by atoms with Crippen LogP contribution in [0.4, 0.5) is 9.59 Å². The smallest absolute Gasteiger partial charge is 0.410 e. The Kier molecular flexibility index (Phi) is 15.9. The van der Waals surface area contributed by atoms with Crippen molar-refractivity contribution in [3.05, 3.63) is 48.0 Å². The van der Waals surface area contributed by atoms with Crippen LogP contribution in [-0.4, -0.2) is 114 Å². The summed E-state index contributed by atoms with van der Waals surface area (Å²) in [7, 11) is -3.65. The van der Waals surface area contributed by atoms with E-state index in [0.717, 1.165) is 49.7 Å². The highest BCUT2D eigenvalue weighted by molar-refractivity contribution is 7.92. The van der Waals surface area contributed by atoms with Gasteiger partial charge < -0.3 is 35.8 Å². The highest BCUT2D eigenvalue weighted by atomic mass is 32.2. The first kappa shape index (κ1) is 48.1. The highest BCUT2D eigenvalue weighted by Crippen LogP contribution is 2.41. The van der Waals surface area contributed by atoms with E-state index in [1.54, 1.807) is 25.7 Å². The van der Waals surface area contributed by atoms with Gasteiger partial charge in [-0.2, -0.15) is 0 Å². The van der Waals surface area contributed by atoms with Crippen molar-refractivity contribution in [2.45, 2.75) is 159 Å². The zero-order chi connectivity index (χ0) is 45.3. The van der Waals surface area contributed by atoms with Gasteiger partial charge >= 0.3 is 12.1 Å². The third-order valence-electron chi connectivity index (χ3n) is 13.1. The number of terminal acetylenes is 1. The molecule has 2 aliphatic heterocycles. The second-order valence-electron chi connectivity index (χ2n) is 18.8. The van der Waals surface area contributed by atoms with Crippen molar-refractivity contribution in [1.82, 2.24) is 31.1 Å². The van der Waals surface area contributed by atoms with E-state index >= 15 is 4.79 Å². The molecule has 5 rings (SSSR count). The minimum Gasteiger partial charge on any atom is -0.444 e. The number of amides is 6. The van der Waals surface area contributed by atoms with Crippen LogP contribution in [0.5, 0.6) is 0 Å². The first-order valence-electron chi connectivity index (χ1n) is 22.1. The van der Waals surface area contributed by atoms with Gasteiger partial charge in [-0.25, -0.2) is 18.0 Å². The predicted molar refractivity (Wildman–Crippen MR) is 235 cm³/mol. The largest absolute Gasteiger partial charge is 0.444 e. The van der Waals surface area contributed by atoms with Crippen LogP contribution in [-0.2, 0) is 46.7 Å².